The summed E-state index contributed by atoms with van der Waals surface area (Å²) < 4.78 is 12.5. The molecule has 50 heavy (non-hydrogen) atoms. The van der Waals surface area contributed by atoms with Crippen molar-refractivity contribution in [2.24, 2.45) is 5.10 Å². The molecule has 0 radical (unpaired) electrons. The number of carbonyl (C=O) groups excluding carboxylic acids is 2. The third-order valence-electron chi connectivity index (χ3n) is 8.14. The number of rotatable bonds is 13. The second-order valence-corrected chi connectivity index (χ2v) is 12.2. The predicted molar refractivity (Wildman–Crippen MR) is 187 cm³/mol. The average molecular weight is 692 g/mol. The van der Waals surface area contributed by atoms with E-state index in [1.807, 2.05) is 83.4 Å². The minimum Gasteiger partial charge on any atom is -0.497 e. The van der Waals surface area contributed by atoms with Crippen LogP contribution in [-0.2, 0) is 17.9 Å². The van der Waals surface area contributed by atoms with Gasteiger partial charge in [0.1, 0.15) is 11.5 Å². The molecule has 254 valence electrons. The highest BCUT2D eigenvalue weighted by atomic mass is 32.2. The molecule has 0 saturated carbocycles. The van der Waals surface area contributed by atoms with Crippen LogP contribution in [0.3, 0.4) is 0 Å². The zero-order valence-electron chi connectivity index (χ0n) is 27.3. The van der Waals surface area contributed by atoms with E-state index in [9.17, 15) is 19.7 Å². The van der Waals surface area contributed by atoms with Crippen molar-refractivity contribution in [3.8, 4) is 11.5 Å². The number of hydrogen-bond acceptors (Lipinski definition) is 10. The number of thioether (sulfide) groups is 1. The van der Waals surface area contributed by atoms with Gasteiger partial charge in [0.05, 0.1) is 49.7 Å². The summed E-state index contributed by atoms with van der Waals surface area (Å²) >= 11 is 1.24. The van der Waals surface area contributed by atoms with E-state index >= 15 is 0 Å². The first-order chi connectivity index (χ1) is 24.3. The normalized spacial score (nSPS) is 13.8. The molecule has 0 spiro atoms. The third kappa shape index (κ3) is 7.81. The van der Waals surface area contributed by atoms with Crippen molar-refractivity contribution in [1.29, 1.82) is 0 Å². The Hall–Kier alpha value is -6.02. The van der Waals surface area contributed by atoms with E-state index in [1.165, 1.54) is 41.0 Å². The Kier molecular flexibility index (Phi) is 10.5. The molecule has 0 unspecified atom stereocenters. The lowest BCUT2D eigenvalue weighted by molar-refractivity contribution is -0.384. The summed E-state index contributed by atoms with van der Waals surface area (Å²) in [5.41, 5.74) is 3.76. The lowest BCUT2D eigenvalue weighted by atomic mass is 9.98. The van der Waals surface area contributed by atoms with Gasteiger partial charge < -0.3 is 19.4 Å². The predicted octanol–water partition coefficient (Wildman–Crippen LogP) is 5.65. The van der Waals surface area contributed by atoms with Gasteiger partial charge in [-0.05, 0) is 65.2 Å². The van der Waals surface area contributed by atoms with Crippen LogP contribution in [0.15, 0.2) is 113 Å². The highest BCUT2D eigenvalue weighted by Crippen LogP contribution is 2.35. The Morgan fingerprint density at radius 3 is 2.20 bits per heavy atom. The molecule has 4 aromatic carbocycles. The molecule has 0 fully saturated rings. The number of non-ortho nitro benzene ring substituents is 1. The number of nitrogens with zero attached hydrogens (tertiary/aromatic N) is 6. The lowest BCUT2D eigenvalue weighted by Crippen LogP contribution is -2.28. The summed E-state index contributed by atoms with van der Waals surface area (Å²) in [5.74, 6) is 1.34. The first kappa shape index (κ1) is 33.9. The van der Waals surface area contributed by atoms with Crippen molar-refractivity contribution < 1.29 is 24.0 Å². The van der Waals surface area contributed by atoms with Crippen LogP contribution in [0.2, 0.25) is 0 Å². The number of hydrogen-bond donors (Lipinski definition) is 1. The van der Waals surface area contributed by atoms with Gasteiger partial charge in [0.2, 0.25) is 0 Å². The van der Waals surface area contributed by atoms with Gasteiger partial charge in [-0.1, -0.05) is 54.2 Å². The number of ether oxygens (including phenoxy) is 2. The molecule has 0 aliphatic carbocycles. The fraction of sp³-hybridized carbons (Fsp3) is 0.194. The molecule has 2 amide bonds. The van der Waals surface area contributed by atoms with Crippen LogP contribution in [-0.4, -0.2) is 62.2 Å². The zero-order chi connectivity index (χ0) is 35.0. The monoisotopic (exact) mass is 691 g/mol. The van der Waals surface area contributed by atoms with Crippen LogP contribution < -0.4 is 14.8 Å². The van der Waals surface area contributed by atoms with E-state index in [0.29, 0.717) is 29.7 Å². The number of nitro groups is 1. The minimum absolute atomic E-state index is 0.0358. The maximum absolute atomic E-state index is 13.9. The van der Waals surface area contributed by atoms with E-state index in [-0.39, 0.29) is 35.5 Å². The van der Waals surface area contributed by atoms with Gasteiger partial charge >= 0.3 is 0 Å². The van der Waals surface area contributed by atoms with E-state index in [4.69, 9.17) is 14.6 Å². The summed E-state index contributed by atoms with van der Waals surface area (Å²) in [5, 5.41) is 29.4. The fourth-order valence-corrected chi connectivity index (χ4v) is 6.26. The second-order valence-electron chi connectivity index (χ2n) is 11.3. The van der Waals surface area contributed by atoms with Crippen LogP contribution in [0.25, 0.3) is 0 Å². The molecule has 1 aliphatic rings. The van der Waals surface area contributed by atoms with Gasteiger partial charge in [-0.25, -0.2) is 5.01 Å². The number of nitro benzene ring substituents is 1. The Labute approximate surface area is 292 Å². The highest BCUT2D eigenvalue weighted by molar-refractivity contribution is 7.99. The Bertz CT molecular complexity index is 2000. The SMILES string of the molecule is COc1ccc(C2=NN(C(=O)CSc3nnc(CNC(=O)c4ccc([N+](=O)[O-])cc4)n3Cc3ccccc3)[C@@H](c3ccc(OC)cc3)C2)cc1. The van der Waals surface area contributed by atoms with Crippen molar-refractivity contribution in [1.82, 2.24) is 25.1 Å². The van der Waals surface area contributed by atoms with Gasteiger partial charge in [-0.3, -0.25) is 19.7 Å². The first-order valence-electron chi connectivity index (χ1n) is 15.6. The van der Waals surface area contributed by atoms with E-state index in [0.717, 1.165) is 28.2 Å². The number of aromatic nitrogens is 3. The Morgan fingerprint density at radius 1 is 0.900 bits per heavy atom. The van der Waals surface area contributed by atoms with Crippen molar-refractivity contribution in [3.05, 3.63) is 141 Å². The minimum atomic E-state index is -0.521. The number of benzene rings is 4. The van der Waals surface area contributed by atoms with Crippen molar-refractivity contribution >= 4 is 35.0 Å². The van der Waals surface area contributed by atoms with Gasteiger partial charge in [-0.15, -0.1) is 10.2 Å². The van der Waals surface area contributed by atoms with Crippen LogP contribution in [0, 0.1) is 10.1 Å². The molecule has 0 bridgehead atoms. The number of methoxy groups -OCH3 is 2. The van der Waals surface area contributed by atoms with Crippen LogP contribution in [0.5, 0.6) is 11.5 Å². The molecule has 1 N–H and O–H groups in total. The van der Waals surface area contributed by atoms with Gasteiger partial charge in [-0.2, -0.15) is 5.10 Å². The summed E-state index contributed by atoms with van der Waals surface area (Å²) in [6.45, 7) is 0.455. The molecule has 1 atom stereocenters. The summed E-state index contributed by atoms with van der Waals surface area (Å²) in [7, 11) is 3.22. The van der Waals surface area contributed by atoms with Crippen LogP contribution >= 0.6 is 11.8 Å². The third-order valence-corrected chi connectivity index (χ3v) is 9.09. The molecule has 2 heterocycles. The highest BCUT2D eigenvalue weighted by Gasteiger charge is 2.33. The standard InChI is InChI=1S/C36H33N7O6S/c1-48-29-16-10-25(11-17-29)31-20-32(26-12-18-30(49-2)19-13-26)42(40-31)34(44)23-50-36-39-38-33(41(36)22-24-6-4-3-5-7-24)21-37-35(45)27-8-14-28(15-9-27)43(46)47/h3-19,32H,20-23H2,1-2H3,(H,37,45)/t32-/m1/s1. The van der Waals surface area contributed by atoms with Gasteiger partial charge in [0, 0.05) is 24.1 Å². The van der Waals surface area contributed by atoms with Crippen molar-refractivity contribution in [3.63, 3.8) is 0 Å². The van der Waals surface area contributed by atoms with Crippen molar-refractivity contribution in [2.45, 2.75) is 30.7 Å². The molecule has 1 aromatic heterocycles. The summed E-state index contributed by atoms with van der Waals surface area (Å²) in [6.07, 6.45) is 0.526. The molecule has 14 heteroatoms. The Balaban J connectivity index is 1.21. The largest absolute Gasteiger partial charge is 0.497 e. The van der Waals surface area contributed by atoms with E-state index in [1.54, 1.807) is 14.2 Å². The summed E-state index contributed by atoms with van der Waals surface area (Å²) in [6, 6.07) is 30.0. The smallest absolute Gasteiger partial charge is 0.269 e. The molecule has 5 aromatic rings. The van der Waals surface area contributed by atoms with Crippen LogP contribution in [0.4, 0.5) is 5.69 Å². The Morgan fingerprint density at radius 2 is 1.56 bits per heavy atom. The molecular formula is C36H33N7O6S. The van der Waals surface area contributed by atoms with Crippen LogP contribution in [0.1, 0.15) is 45.3 Å². The van der Waals surface area contributed by atoms with E-state index in [2.05, 4.69) is 15.5 Å². The molecule has 1 aliphatic heterocycles. The zero-order valence-corrected chi connectivity index (χ0v) is 28.1. The van der Waals surface area contributed by atoms with Gasteiger partial charge in [0.25, 0.3) is 17.5 Å². The van der Waals surface area contributed by atoms with Crippen molar-refractivity contribution in [2.75, 3.05) is 20.0 Å². The maximum atomic E-state index is 13.9. The average Bonchev–Trinajstić information content (AvgIpc) is 3.78. The van der Waals surface area contributed by atoms with Gasteiger partial charge in [0.15, 0.2) is 11.0 Å². The fourth-order valence-electron chi connectivity index (χ4n) is 5.45. The number of nitrogens with one attached hydrogen (secondary N) is 1. The number of amides is 2. The maximum Gasteiger partial charge on any atom is 0.269 e. The first-order valence-corrected chi connectivity index (χ1v) is 16.6. The number of hydrazone groups is 1. The quantitative estimate of drug-likeness (QED) is 0.0937. The van der Waals surface area contributed by atoms with E-state index < -0.39 is 10.8 Å². The molecular weight excluding hydrogens is 659 g/mol. The topological polar surface area (TPSA) is 154 Å². The number of carbonyl (C=O) groups is 2. The second kappa shape index (κ2) is 15.5. The molecule has 13 nitrogen and oxygen atoms in total. The lowest BCUT2D eigenvalue weighted by Gasteiger charge is -2.22. The summed E-state index contributed by atoms with van der Waals surface area (Å²) in [4.78, 5) is 37.3. The molecule has 0 saturated heterocycles. The molecule has 6 rings (SSSR count).